The summed E-state index contributed by atoms with van der Waals surface area (Å²) in [5.74, 6) is 0.989. The van der Waals surface area contributed by atoms with Crippen LogP contribution < -0.4 is 0 Å². The average molecular weight is 460 g/mol. The monoisotopic (exact) mass is 459 g/mol. The van der Waals surface area contributed by atoms with E-state index in [1.807, 2.05) is 35.9 Å². The molecule has 0 saturated heterocycles. The summed E-state index contributed by atoms with van der Waals surface area (Å²) in [5, 5.41) is 19.2. The van der Waals surface area contributed by atoms with Gasteiger partial charge in [-0.1, -0.05) is 61.5 Å². The van der Waals surface area contributed by atoms with Gasteiger partial charge in [0.2, 0.25) is 17.4 Å². The van der Waals surface area contributed by atoms with Gasteiger partial charge in [0.05, 0.1) is 0 Å². The second-order valence-electron chi connectivity index (χ2n) is 7.82. The third kappa shape index (κ3) is 4.66. The molecular formula is C25H29N7O2. The second kappa shape index (κ2) is 10.5. The van der Waals surface area contributed by atoms with Gasteiger partial charge in [-0.25, -0.2) is 9.67 Å². The molecule has 0 saturated carbocycles. The number of tetrazole rings is 1. The molecule has 0 spiro atoms. The van der Waals surface area contributed by atoms with Crippen molar-refractivity contribution in [1.29, 1.82) is 0 Å². The lowest BCUT2D eigenvalue weighted by atomic mass is 9.98. The number of allylic oxidation sites excluding steroid dienone is 1. The molecule has 176 valence electrons. The van der Waals surface area contributed by atoms with Crippen molar-refractivity contribution in [2.75, 3.05) is 14.2 Å². The Morgan fingerprint density at radius 1 is 1.06 bits per heavy atom. The normalized spacial score (nSPS) is 11.6. The zero-order chi connectivity index (χ0) is 24.0. The largest absolute Gasteiger partial charge is 0.347 e. The van der Waals surface area contributed by atoms with Crippen LogP contribution in [-0.2, 0) is 28.2 Å². The van der Waals surface area contributed by atoms with E-state index in [-0.39, 0.29) is 0 Å². The van der Waals surface area contributed by atoms with Crippen LogP contribution in [0.15, 0.2) is 61.2 Å². The fraction of sp³-hybridized carbons (Fsp3) is 0.320. The first-order valence-electron chi connectivity index (χ1n) is 11.2. The molecule has 0 aliphatic rings. The van der Waals surface area contributed by atoms with Gasteiger partial charge in [0.25, 0.3) is 0 Å². The number of aromatic nitrogens is 7. The van der Waals surface area contributed by atoms with Crippen LogP contribution in [0.3, 0.4) is 0 Å². The molecule has 2 aromatic carbocycles. The molecule has 9 heteroatoms. The van der Waals surface area contributed by atoms with Crippen molar-refractivity contribution in [3.63, 3.8) is 0 Å². The Morgan fingerprint density at radius 3 is 2.41 bits per heavy atom. The number of benzene rings is 2. The predicted octanol–water partition coefficient (Wildman–Crippen LogP) is 4.15. The molecule has 0 atom stereocenters. The first-order chi connectivity index (χ1) is 16.6. The Bertz CT molecular complexity index is 1200. The number of aryl methyl sites for hydroxylation is 1. The Morgan fingerprint density at radius 2 is 1.79 bits per heavy atom. The lowest BCUT2D eigenvalue weighted by molar-refractivity contribution is -0.222. The molecule has 0 bridgehead atoms. The van der Waals surface area contributed by atoms with Crippen LogP contribution >= 0.6 is 0 Å². The maximum absolute atomic E-state index is 5.65. The molecule has 4 rings (SSSR count). The van der Waals surface area contributed by atoms with Crippen LogP contribution in [0.5, 0.6) is 0 Å². The van der Waals surface area contributed by atoms with Gasteiger partial charge in [0.15, 0.2) is 0 Å². The number of methoxy groups -OCH3 is 2. The molecule has 0 fully saturated rings. The zero-order valence-electron chi connectivity index (χ0n) is 19.7. The third-order valence-electron chi connectivity index (χ3n) is 5.90. The third-order valence-corrected chi connectivity index (χ3v) is 5.90. The number of hydrogen-bond acceptors (Lipinski definition) is 7. The van der Waals surface area contributed by atoms with Crippen LogP contribution in [0.25, 0.3) is 22.5 Å². The molecule has 0 aliphatic carbocycles. The lowest BCUT2D eigenvalue weighted by Gasteiger charge is -2.26. The maximum atomic E-state index is 5.65. The molecule has 34 heavy (non-hydrogen) atoms. The van der Waals surface area contributed by atoms with Gasteiger partial charge < -0.3 is 9.47 Å². The van der Waals surface area contributed by atoms with Crippen molar-refractivity contribution < 1.29 is 9.47 Å². The second-order valence-corrected chi connectivity index (χ2v) is 7.82. The van der Waals surface area contributed by atoms with E-state index in [0.29, 0.717) is 31.0 Å². The summed E-state index contributed by atoms with van der Waals surface area (Å²) in [6, 6.07) is 16.4. The first-order valence-corrected chi connectivity index (χ1v) is 11.2. The van der Waals surface area contributed by atoms with Gasteiger partial charge in [-0.3, -0.25) is 0 Å². The SMILES string of the molecule is C=CCCn1nc(C(CC)(OC)OC)nc1Cc1ccc(-c2ccccc2-c2nn[nH]n2)cc1. The summed E-state index contributed by atoms with van der Waals surface area (Å²) >= 11 is 0. The number of rotatable bonds is 11. The minimum Gasteiger partial charge on any atom is -0.347 e. The smallest absolute Gasteiger partial charge is 0.231 e. The number of nitrogens with zero attached hydrogens (tertiary/aromatic N) is 6. The van der Waals surface area contributed by atoms with E-state index >= 15 is 0 Å². The van der Waals surface area contributed by atoms with E-state index < -0.39 is 5.79 Å². The Hall–Kier alpha value is -3.69. The summed E-state index contributed by atoms with van der Waals surface area (Å²) in [6.07, 6.45) is 3.89. The first kappa shape index (κ1) is 23.5. The van der Waals surface area contributed by atoms with Crippen molar-refractivity contribution >= 4 is 0 Å². The summed E-state index contributed by atoms with van der Waals surface area (Å²) in [7, 11) is 3.23. The van der Waals surface area contributed by atoms with Crippen LogP contribution in [-0.4, -0.2) is 49.6 Å². The van der Waals surface area contributed by atoms with E-state index in [2.05, 4.69) is 57.5 Å². The van der Waals surface area contributed by atoms with Crippen molar-refractivity contribution in [3.8, 4) is 22.5 Å². The quantitative estimate of drug-likeness (QED) is 0.265. The average Bonchev–Trinajstić information content (AvgIpc) is 3.56. The van der Waals surface area contributed by atoms with Gasteiger partial charge in [-0.2, -0.15) is 10.3 Å². The standard InChI is InChI=1S/C25H29N7O2/c1-5-7-16-32-22(26-24(29-32)25(6-2,33-3)34-4)17-18-12-14-19(15-13-18)20-10-8-9-11-21(20)23-27-30-31-28-23/h5,8-15H,1,6-7,16-17H2,2-4H3,(H,27,28,30,31). The van der Waals surface area contributed by atoms with E-state index in [9.17, 15) is 0 Å². The number of hydrogen-bond donors (Lipinski definition) is 1. The molecule has 0 amide bonds. The van der Waals surface area contributed by atoms with Gasteiger partial charge in [0, 0.05) is 39.2 Å². The van der Waals surface area contributed by atoms with Crippen LogP contribution in [0, 0.1) is 0 Å². The predicted molar refractivity (Wildman–Crippen MR) is 129 cm³/mol. The molecule has 2 heterocycles. The van der Waals surface area contributed by atoms with Gasteiger partial charge in [-0.15, -0.1) is 16.8 Å². The number of aromatic amines is 1. The van der Waals surface area contributed by atoms with Crippen molar-refractivity contribution in [1.82, 2.24) is 35.4 Å². The summed E-state index contributed by atoms with van der Waals surface area (Å²) < 4.78 is 13.2. The van der Waals surface area contributed by atoms with E-state index in [0.717, 1.165) is 34.5 Å². The minimum absolute atomic E-state index is 0.532. The lowest BCUT2D eigenvalue weighted by Crippen LogP contribution is -2.31. The van der Waals surface area contributed by atoms with Crippen LogP contribution in [0.1, 0.15) is 37.0 Å². The van der Waals surface area contributed by atoms with E-state index in [1.54, 1.807) is 14.2 Å². The highest BCUT2D eigenvalue weighted by atomic mass is 16.7. The molecule has 2 aromatic heterocycles. The molecule has 4 aromatic rings. The summed E-state index contributed by atoms with van der Waals surface area (Å²) in [6.45, 7) is 6.51. The highest BCUT2D eigenvalue weighted by molar-refractivity contribution is 5.80. The zero-order valence-corrected chi connectivity index (χ0v) is 19.7. The Labute approximate surface area is 198 Å². The Kier molecular flexibility index (Phi) is 7.24. The molecule has 1 N–H and O–H groups in total. The fourth-order valence-corrected chi connectivity index (χ4v) is 3.96. The number of H-pyrrole nitrogens is 1. The molecule has 9 nitrogen and oxygen atoms in total. The minimum atomic E-state index is -0.961. The summed E-state index contributed by atoms with van der Waals surface area (Å²) in [4.78, 5) is 4.81. The van der Waals surface area contributed by atoms with Gasteiger partial charge >= 0.3 is 0 Å². The van der Waals surface area contributed by atoms with Gasteiger partial charge in [-0.05, 0) is 28.3 Å². The van der Waals surface area contributed by atoms with Crippen molar-refractivity contribution in [3.05, 3.63) is 78.4 Å². The fourth-order valence-electron chi connectivity index (χ4n) is 3.96. The highest BCUT2D eigenvalue weighted by Gasteiger charge is 2.35. The van der Waals surface area contributed by atoms with E-state index in [4.69, 9.17) is 19.6 Å². The Balaban J connectivity index is 1.62. The molecule has 0 unspecified atom stereocenters. The molecule has 0 radical (unpaired) electrons. The van der Waals surface area contributed by atoms with Crippen molar-refractivity contribution in [2.45, 2.75) is 38.5 Å². The van der Waals surface area contributed by atoms with E-state index in [1.165, 1.54) is 0 Å². The van der Waals surface area contributed by atoms with Crippen molar-refractivity contribution in [2.24, 2.45) is 0 Å². The topological polar surface area (TPSA) is 104 Å². The maximum Gasteiger partial charge on any atom is 0.231 e. The highest BCUT2D eigenvalue weighted by Crippen LogP contribution is 2.31. The summed E-state index contributed by atoms with van der Waals surface area (Å²) in [5.41, 5.74) is 4.16. The van der Waals surface area contributed by atoms with Crippen LogP contribution in [0.4, 0.5) is 0 Å². The molecular weight excluding hydrogens is 430 g/mol. The van der Waals surface area contributed by atoms with Crippen LogP contribution in [0.2, 0.25) is 0 Å². The number of ether oxygens (including phenoxy) is 2. The number of nitrogens with one attached hydrogen (secondary N) is 1. The van der Waals surface area contributed by atoms with Gasteiger partial charge in [0.1, 0.15) is 5.82 Å². The molecule has 0 aliphatic heterocycles.